The van der Waals surface area contributed by atoms with Gasteiger partial charge in [0.15, 0.2) is 0 Å². The van der Waals surface area contributed by atoms with Gasteiger partial charge in [-0.3, -0.25) is 9.59 Å². The average Bonchev–Trinajstić information content (AvgIpc) is 3.08. The number of rotatable bonds is 8. The third kappa shape index (κ3) is 6.10. The van der Waals surface area contributed by atoms with Gasteiger partial charge in [-0.25, -0.2) is 0 Å². The molecule has 0 aliphatic heterocycles. The fourth-order valence-corrected chi connectivity index (χ4v) is 1.74. The number of halogens is 1. The van der Waals surface area contributed by atoms with Gasteiger partial charge in [-0.1, -0.05) is 15.9 Å². The molecule has 1 aliphatic carbocycles. The Kier molecular flexibility index (Phi) is 6.45. The van der Waals surface area contributed by atoms with Crippen LogP contribution in [0, 0.1) is 5.92 Å². The van der Waals surface area contributed by atoms with E-state index < -0.39 is 0 Å². The monoisotopic (exact) mass is 290 g/mol. The molecule has 5 heteroatoms. The molecule has 16 heavy (non-hydrogen) atoms. The van der Waals surface area contributed by atoms with Gasteiger partial charge in [0.05, 0.1) is 0 Å². The minimum Gasteiger partial charge on any atom is -0.354 e. The summed E-state index contributed by atoms with van der Waals surface area (Å²) in [5.74, 6) is 0.449. The summed E-state index contributed by atoms with van der Waals surface area (Å²) in [6.07, 6.45) is 4.54. The van der Waals surface area contributed by atoms with E-state index in [9.17, 15) is 9.59 Å². The first-order valence-electron chi connectivity index (χ1n) is 5.84. The zero-order valence-electron chi connectivity index (χ0n) is 9.43. The normalized spacial score (nSPS) is 14.6. The Balaban J connectivity index is 1.89. The molecule has 0 radical (unpaired) electrons. The van der Waals surface area contributed by atoms with E-state index in [4.69, 9.17) is 0 Å². The molecule has 1 saturated carbocycles. The Labute approximate surface area is 105 Å². The highest BCUT2D eigenvalue weighted by atomic mass is 79.9. The summed E-state index contributed by atoms with van der Waals surface area (Å²) in [7, 11) is 0. The quantitative estimate of drug-likeness (QED) is 0.521. The molecule has 0 aromatic rings. The lowest BCUT2D eigenvalue weighted by Gasteiger charge is -2.06. The Morgan fingerprint density at radius 3 is 2.44 bits per heavy atom. The van der Waals surface area contributed by atoms with Crippen molar-refractivity contribution in [1.29, 1.82) is 0 Å². The maximum absolute atomic E-state index is 11.3. The molecule has 1 fully saturated rings. The largest absolute Gasteiger partial charge is 0.354 e. The summed E-state index contributed by atoms with van der Waals surface area (Å²) in [5, 5.41) is 6.54. The highest BCUT2D eigenvalue weighted by molar-refractivity contribution is 9.09. The summed E-state index contributed by atoms with van der Waals surface area (Å²) in [6, 6.07) is 0. The van der Waals surface area contributed by atoms with Crippen LogP contribution in [-0.4, -0.2) is 30.2 Å². The van der Waals surface area contributed by atoms with Crippen LogP contribution < -0.4 is 10.6 Å². The minimum atomic E-state index is 0.0709. The van der Waals surface area contributed by atoms with E-state index in [1.165, 1.54) is 0 Å². The molecule has 2 N–H and O–H groups in total. The van der Waals surface area contributed by atoms with E-state index in [0.717, 1.165) is 31.0 Å². The third-order valence-corrected chi connectivity index (χ3v) is 3.04. The maximum atomic E-state index is 11.3. The molecule has 0 atom stereocenters. The molecule has 0 spiro atoms. The van der Waals surface area contributed by atoms with Crippen LogP contribution in [0.4, 0.5) is 0 Å². The Morgan fingerprint density at radius 1 is 1.12 bits per heavy atom. The van der Waals surface area contributed by atoms with Gasteiger partial charge < -0.3 is 10.6 Å². The van der Waals surface area contributed by atoms with Crippen molar-refractivity contribution in [3.63, 3.8) is 0 Å². The van der Waals surface area contributed by atoms with Gasteiger partial charge >= 0.3 is 0 Å². The van der Waals surface area contributed by atoms with Crippen LogP contribution in [0.15, 0.2) is 0 Å². The number of amides is 2. The van der Waals surface area contributed by atoms with Gasteiger partial charge in [0.1, 0.15) is 0 Å². The SMILES string of the molecule is O=C(CCCCBr)NCCNC(=O)C1CC1. The van der Waals surface area contributed by atoms with E-state index in [2.05, 4.69) is 26.6 Å². The van der Waals surface area contributed by atoms with Crippen molar-refractivity contribution in [2.75, 3.05) is 18.4 Å². The lowest BCUT2D eigenvalue weighted by molar-refractivity contribution is -0.123. The van der Waals surface area contributed by atoms with Gasteiger partial charge in [-0.05, 0) is 25.7 Å². The first-order chi connectivity index (χ1) is 7.74. The van der Waals surface area contributed by atoms with Gasteiger partial charge in [0, 0.05) is 30.8 Å². The molecular weight excluding hydrogens is 272 g/mol. The van der Waals surface area contributed by atoms with Crippen molar-refractivity contribution in [1.82, 2.24) is 10.6 Å². The topological polar surface area (TPSA) is 58.2 Å². The van der Waals surface area contributed by atoms with Gasteiger partial charge in [-0.15, -0.1) is 0 Å². The van der Waals surface area contributed by atoms with Gasteiger partial charge in [-0.2, -0.15) is 0 Å². The standard InChI is InChI=1S/C11H19BrN2O2/c12-6-2-1-3-10(15)13-7-8-14-11(16)9-4-5-9/h9H,1-8H2,(H,13,15)(H,14,16). The summed E-state index contributed by atoms with van der Waals surface area (Å²) in [5.41, 5.74) is 0. The third-order valence-electron chi connectivity index (χ3n) is 2.48. The number of carbonyl (C=O) groups excluding carboxylic acids is 2. The van der Waals surface area contributed by atoms with E-state index >= 15 is 0 Å². The first kappa shape index (κ1) is 13.5. The van der Waals surface area contributed by atoms with Crippen LogP contribution >= 0.6 is 15.9 Å². The molecule has 0 aromatic carbocycles. The molecule has 0 heterocycles. The molecule has 92 valence electrons. The average molecular weight is 291 g/mol. The minimum absolute atomic E-state index is 0.0709. The van der Waals surface area contributed by atoms with E-state index in [-0.39, 0.29) is 17.7 Å². The lowest BCUT2D eigenvalue weighted by atomic mass is 10.2. The molecule has 0 bridgehead atoms. The maximum Gasteiger partial charge on any atom is 0.223 e. The van der Waals surface area contributed by atoms with Crippen molar-refractivity contribution >= 4 is 27.7 Å². The predicted octanol–water partition coefficient (Wildman–Crippen LogP) is 1.19. The highest BCUT2D eigenvalue weighted by Gasteiger charge is 2.28. The second-order valence-electron chi connectivity index (χ2n) is 4.06. The number of hydrogen-bond donors (Lipinski definition) is 2. The molecule has 0 unspecified atom stereocenters. The van der Waals surface area contributed by atoms with Crippen LogP contribution in [0.5, 0.6) is 0 Å². The van der Waals surface area contributed by atoms with Crippen molar-refractivity contribution in [2.24, 2.45) is 5.92 Å². The summed E-state index contributed by atoms with van der Waals surface area (Å²) in [6.45, 7) is 1.07. The fraction of sp³-hybridized carbons (Fsp3) is 0.818. The second kappa shape index (κ2) is 7.65. The van der Waals surface area contributed by atoms with Crippen LogP contribution in [0.25, 0.3) is 0 Å². The molecule has 0 saturated heterocycles. The number of carbonyl (C=O) groups is 2. The summed E-state index contributed by atoms with van der Waals surface area (Å²) < 4.78 is 0. The zero-order chi connectivity index (χ0) is 11.8. The Hall–Kier alpha value is -0.580. The van der Waals surface area contributed by atoms with Crippen LogP contribution in [0.1, 0.15) is 32.1 Å². The number of unbranched alkanes of at least 4 members (excludes halogenated alkanes) is 1. The molecule has 4 nitrogen and oxygen atoms in total. The van der Waals surface area contributed by atoms with Crippen molar-refractivity contribution in [3.8, 4) is 0 Å². The van der Waals surface area contributed by atoms with Crippen LogP contribution in [-0.2, 0) is 9.59 Å². The van der Waals surface area contributed by atoms with Crippen molar-refractivity contribution in [3.05, 3.63) is 0 Å². The summed E-state index contributed by atoms with van der Waals surface area (Å²) >= 11 is 3.32. The number of hydrogen-bond acceptors (Lipinski definition) is 2. The molecular formula is C11H19BrN2O2. The summed E-state index contributed by atoms with van der Waals surface area (Å²) in [4.78, 5) is 22.5. The number of alkyl halides is 1. The Morgan fingerprint density at radius 2 is 1.81 bits per heavy atom. The molecule has 1 rings (SSSR count). The smallest absolute Gasteiger partial charge is 0.223 e. The van der Waals surface area contributed by atoms with E-state index in [1.807, 2.05) is 0 Å². The van der Waals surface area contributed by atoms with Crippen molar-refractivity contribution in [2.45, 2.75) is 32.1 Å². The van der Waals surface area contributed by atoms with Gasteiger partial charge in [0.2, 0.25) is 11.8 Å². The van der Waals surface area contributed by atoms with E-state index in [1.54, 1.807) is 0 Å². The molecule has 1 aliphatic rings. The second-order valence-corrected chi connectivity index (χ2v) is 4.85. The zero-order valence-corrected chi connectivity index (χ0v) is 11.0. The lowest BCUT2D eigenvalue weighted by Crippen LogP contribution is -2.35. The van der Waals surface area contributed by atoms with Crippen LogP contribution in [0.3, 0.4) is 0 Å². The highest BCUT2D eigenvalue weighted by Crippen LogP contribution is 2.28. The van der Waals surface area contributed by atoms with Crippen molar-refractivity contribution < 1.29 is 9.59 Å². The van der Waals surface area contributed by atoms with Gasteiger partial charge in [0.25, 0.3) is 0 Å². The Bertz CT molecular complexity index is 242. The first-order valence-corrected chi connectivity index (χ1v) is 6.96. The predicted molar refractivity (Wildman–Crippen MR) is 66.4 cm³/mol. The van der Waals surface area contributed by atoms with E-state index in [0.29, 0.717) is 19.5 Å². The van der Waals surface area contributed by atoms with Crippen LogP contribution in [0.2, 0.25) is 0 Å². The molecule has 2 amide bonds. The number of nitrogens with one attached hydrogen (secondary N) is 2. The fourth-order valence-electron chi connectivity index (χ4n) is 1.35. The molecule has 0 aromatic heterocycles.